The molecule has 0 saturated carbocycles. The van der Waals surface area contributed by atoms with E-state index in [-0.39, 0.29) is 10.7 Å². The zero-order chi connectivity index (χ0) is 17.6. The largest absolute Gasteiger partial charge is 0.364 e. The Hall–Kier alpha value is -2.78. The van der Waals surface area contributed by atoms with E-state index in [1.54, 1.807) is 0 Å². The van der Waals surface area contributed by atoms with Crippen molar-refractivity contribution in [1.82, 2.24) is 0 Å². The summed E-state index contributed by atoms with van der Waals surface area (Å²) in [6.45, 7) is 0. The van der Waals surface area contributed by atoms with Crippen molar-refractivity contribution in [3.63, 3.8) is 0 Å². The molecule has 120 valence electrons. The molecule has 2 aromatic carbocycles. The first-order valence-corrected chi connectivity index (χ1v) is 6.47. The zero-order valence-corrected chi connectivity index (χ0v) is 12.6. The fourth-order valence-corrected chi connectivity index (χ4v) is 1.76. The zero-order valence-electron chi connectivity index (χ0n) is 11.1. The first-order chi connectivity index (χ1) is 10.7. The van der Waals surface area contributed by atoms with Gasteiger partial charge in [-0.2, -0.15) is 0 Å². The molecule has 0 spiro atoms. The van der Waals surface area contributed by atoms with Gasteiger partial charge in [0.1, 0.15) is 5.02 Å². The molecule has 0 fully saturated rings. The van der Waals surface area contributed by atoms with Crippen molar-refractivity contribution < 1.29 is 14.8 Å². The fourth-order valence-electron chi connectivity index (χ4n) is 1.39. The Kier molecular flexibility index (Phi) is 6.36. The Labute approximate surface area is 138 Å². The summed E-state index contributed by atoms with van der Waals surface area (Å²) in [5.74, 6) is 0. The number of nitro groups is 3. The third kappa shape index (κ3) is 5.16. The van der Waals surface area contributed by atoms with Gasteiger partial charge in [0, 0.05) is 23.2 Å². The molecule has 0 radical (unpaired) electrons. The van der Waals surface area contributed by atoms with Gasteiger partial charge in [-0.3, -0.25) is 30.3 Å². The molecule has 0 saturated heterocycles. The highest BCUT2D eigenvalue weighted by molar-refractivity contribution is 6.33. The second kappa shape index (κ2) is 8.01. The third-order valence-corrected chi connectivity index (χ3v) is 2.94. The molecule has 2 rings (SSSR count). The fraction of sp³-hybridized carbons (Fsp3) is 0. The van der Waals surface area contributed by atoms with Crippen molar-refractivity contribution in [3.05, 3.63) is 82.9 Å². The van der Waals surface area contributed by atoms with E-state index in [0.717, 1.165) is 6.07 Å². The standard InChI is InChI=1S/C6H3ClN2O4.C6H4ClNO2/c7-4-2-1-3-5(8(10)11)6(4)9(12)13;7-5-1-3-6(4-2-5)8(9)10/h1-3H;1-4H. The lowest BCUT2D eigenvalue weighted by molar-refractivity contribution is -0.422. The molecule has 2 aromatic rings. The minimum Gasteiger partial charge on any atom is -0.258 e. The average Bonchev–Trinajstić information content (AvgIpc) is 2.47. The Bertz CT molecular complexity index is 751. The number of halogens is 2. The van der Waals surface area contributed by atoms with Crippen LogP contribution in [0.4, 0.5) is 17.1 Å². The lowest BCUT2D eigenvalue weighted by Gasteiger charge is -1.95. The minimum absolute atomic E-state index is 0.0596. The van der Waals surface area contributed by atoms with Gasteiger partial charge in [0.05, 0.1) is 14.8 Å². The number of hydrogen-bond acceptors (Lipinski definition) is 6. The van der Waals surface area contributed by atoms with Crippen LogP contribution in [0.25, 0.3) is 0 Å². The van der Waals surface area contributed by atoms with Crippen LogP contribution in [-0.2, 0) is 0 Å². The van der Waals surface area contributed by atoms with Gasteiger partial charge in [-0.1, -0.05) is 29.3 Å². The Balaban J connectivity index is 0.000000238. The molecular weight excluding hydrogens is 353 g/mol. The highest BCUT2D eigenvalue weighted by atomic mass is 35.5. The predicted molar refractivity (Wildman–Crippen MR) is 82.9 cm³/mol. The van der Waals surface area contributed by atoms with Crippen LogP contribution in [0.1, 0.15) is 0 Å². The van der Waals surface area contributed by atoms with Gasteiger partial charge >= 0.3 is 11.4 Å². The minimum atomic E-state index is -0.875. The monoisotopic (exact) mass is 359 g/mol. The van der Waals surface area contributed by atoms with E-state index >= 15 is 0 Å². The van der Waals surface area contributed by atoms with Crippen LogP contribution >= 0.6 is 23.2 Å². The number of benzene rings is 2. The van der Waals surface area contributed by atoms with Gasteiger partial charge < -0.3 is 0 Å². The molecule has 0 unspecified atom stereocenters. The normalized spacial score (nSPS) is 9.48. The highest BCUT2D eigenvalue weighted by Gasteiger charge is 2.26. The maximum Gasteiger partial charge on any atom is 0.364 e. The van der Waals surface area contributed by atoms with E-state index in [4.69, 9.17) is 23.2 Å². The lowest BCUT2D eigenvalue weighted by atomic mass is 10.3. The van der Waals surface area contributed by atoms with Gasteiger partial charge in [0.25, 0.3) is 5.69 Å². The summed E-state index contributed by atoms with van der Waals surface area (Å²) >= 11 is 10.9. The molecule has 0 bridgehead atoms. The Morgan fingerprint density at radius 3 is 1.70 bits per heavy atom. The molecule has 0 aliphatic carbocycles. The molecular formula is C12H7Cl2N3O6. The van der Waals surface area contributed by atoms with Crippen LogP contribution in [0, 0.1) is 30.3 Å². The Morgan fingerprint density at radius 2 is 1.30 bits per heavy atom. The molecule has 11 heteroatoms. The molecule has 0 aliphatic rings. The van der Waals surface area contributed by atoms with Gasteiger partial charge in [-0.25, -0.2) is 0 Å². The quantitative estimate of drug-likeness (QED) is 0.589. The number of nitro benzene ring substituents is 3. The van der Waals surface area contributed by atoms with E-state index in [2.05, 4.69) is 0 Å². The van der Waals surface area contributed by atoms with Crippen LogP contribution in [0.3, 0.4) is 0 Å². The van der Waals surface area contributed by atoms with E-state index in [1.165, 1.54) is 36.4 Å². The molecule has 23 heavy (non-hydrogen) atoms. The summed E-state index contributed by atoms with van der Waals surface area (Å²) in [6.07, 6.45) is 0. The first-order valence-electron chi connectivity index (χ1n) is 5.71. The van der Waals surface area contributed by atoms with Crippen LogP contribution in [0.15, 0.2) is 42.5 Å². The van der Waals surface area contributed by atoms with Crippen molar-refractivity contribution >= 4 is 40.3 Å². The molecule has 0 amide bonds. The summed E-state index contributed by atoms with van der Waals surface area (Å²) in [4.78, 5) is 28.6. The van der Waals surface area contributed by atoms with Gasteiger partial charge in [0.2, 0.25) is 0 Å². The molecule has 0 N–H and O–H groups in total. The molecule has 0 heterocycles. The van der Waals surface area contributed by atoms with Crippen molar-refractivity contribution in [2.75, 3.05) is 0 Å². The lowest BCUT2D eigenvalue weighted by Crippen LogP contribution is -1.96. The SMILES string of the molecule is O=[N+]([O-])c1ccc(Cl)cc1.O=[N+]([O-])c1cccc(Cl)c1[N+](=O)[O-]. The summed E-state index contributed by atoms with van der Waals surface area (Å²) < 4.78 is 0. The predicted octanol–water partition coefficient (Wildman–Crippen LogP) is 4.40. The summed E-state index contributed by atoms with van der Waals surface area (Å²) in [5, 5.41) is 31.0. The summed E-state index contributed by atoms with van der Waals surface area (Å²) in [7, 11) is 0. The molecule has 9 nitrogen and oxygen atoms in total. The number of rotatable bonds is 3. The molecule has 0 aliphatic heterocycles. The van der Waals surface area contributed by atoms with E-state index < -0.39 is 26.1 Å². The summed E-state index contributed by atoms with van der Waals surface area (Å²) in [5.41, 5.74) is -1.21. The number of non-ortho nitro benzene ring substituents is 1. The topological polar surface area (TPSA) is 129 Å². The molecule has 0 atom stereocenters. The van der Waals surface area contributed by atoms with E-state index in [0.29, 0.717) is 5.02 Å². The van der Waals surface area contributed by atoms with Crippen LogP contribution in [-0.4, -0.2) is 14.8 Å². The van der Waals surface area contributed by atoms with E-state index in [9.17, 15) is 30.3 Å². The van der Waals surface area contributed by atoms with Crippen LogP contribution < -0.4 is 0 Å². The molecule has 0 aromatic heterocycles. The van der Waals surface area contributed by atoms with Crippen LogP contribution in [0.5, 0.6) is 0 Å². The van der Waals surface area contributed by atoms with E-state index in [1.807, 2.05) is 0 Å². The maximum absolute atomic E-state index is 10.4. The van der Waals surface area contributed by atoms with Crippen LogP contribution in [0.2, 0.25) is 10.0 Å². The number of para-hydroxylation sites is 1. The van der Waals surface area contributed by atoms with Gasteiger partial charge in [0.15, 0.2) is 0 Å². The second-order valence-electron chi connectivity index (χ2n) is 3.86. The Morgan fingerprint density at radius 1 is 0.739 bits per heavy atom. The maximum atomic E-state index is 10.4. The van der Waals surface area contributed by atoms with Gasteiger partial charge in [-0.15, -0.1) is 0 Å². The van der Waals surface area contributed by atoms with Crippen molar-refractivity contribution in [3.8, 4) is 0 Å². The number of hydrogen-bond donors (Lipinski definition) is 0. The number of nitrogens with zero attached hydrogens (tertiary/aromatic N) is 3. The third-order valence-electron chi connectivity index (χ3n) is 2.38. The average molecular weight is 360 g/mol. The van der Waals surface area contributed by atoms with Gasteiger partial charge in [-0.05, 0) is 18.2 Å². The smallest absolute Gasteiger partial charge is 0.258 e. The van der Waals surface area contributed by atoms with Crippen molar-refractivity contribution in [1.29, 1.82) is 0 Å². The summed E-state index contributed by atoms with van der Waals surface area (Å²) in [6, 6.07) is 9.24. The highest BCUT2D eigenvalue weighted by Crippen LogP contribution is 2.33. The first kappa shape index (κ1) is 18.3. The second-order valence-corrected chi connectivity index (χ2v) is 4.70. The van der Waals surface area contributed by atoms with Crippen molar-refractivity contribution in [2.45, 2.75) is 0 Å². The van der Waals surface area contributed by atoms with Crippen molar-refractivity contribution in [2.24, 2.45) is 0 Å².